The summed E-state index contributed by atoms with van der Waals surface area (Å²) in [6.45, 7) is 1.22. The zero-order valence-electron chi connectivity index (χ0n) is 10.3. The third kappa shape index (κ3) is 3.22. The predicted molar refractivity (Wildman–Crippen MR) is 67.0 cm³/mol. The van der Waals surface area contributed by atoms with Crippen LogP contribution in [0, 0.1) is 11.7 Å². The Kier molecular flexibility index (Phi) is 4.18. The third-order valence-electron chi connectivity index (χ3n) is 3.66. The van der Waals surface area contributed by atoms with Crippen LogP contribution < -0.4 is 0 Å². The number of nitrogens with zero attached hydrogens (tertiary/aromatic N) is 1. The molecule has 2 rings (SSSR count). The van der Waals surface area contributed by atoms with E-state index in [0.717, 1.165) is 31.2 Å². The molecule has 0 saturated carbocycles. The molecule has 1 amide bonds. The molecule has 1 aromatic rings. The molecule has 0 radical (unpaired) electrons. The van der Waals surface area contributed by atoms with Gasteiger partial charge in [-0.15, -0.1) is 0 Å². The van der Waals surface area contributed by atoms with Crippen molar-refractivity contribution >= 4 is 6.09 Å². The molecule has 0 aromatic heterocycles. The third-order valence-corrected chi connectivity index (χ3v) is 3.66. The van der Waals surface area contributed by atoms with Crippen molar-refractivity contribution in [1.82, 2.24) is 4.90 Å². The Morgan fingerprint density at radius 3 is 2.61 bits per heavy atom. The lowest BCUT2D eigenvalue weighted by Gasteiger charge is -2.29. The summed E-state index contributed by atoms with van der Waals surface area (Å²) in [5.74, 6) is 0.376. The standard InChI is InChI=1S/C14H18FNO2/c15-13-4-2-1-3-12(13)6-5-11-7-9-16(10-8-11)14(17)18/h1-4,11H,5-10H2,(H,17,18). The number of benzene rings is 1. The molecule has 1 saturated heterocycles. The van der Waals surface area contributed by atoms with Crippen LogP contribution in [0.25, 0.3) is 0 Å². The van der Waals surface area contributed by atoms with Crippen molar-refractivity contribution in [3.05, 3.63) is 35.6 Å². The Hall–Kier alpha value is -1.58. The summed E-state index contributed by atoms with van der Waals surface area (Å²) in [4.78, 5) is 12.2. The number of hydrogen-bond donors (Lipinski definition) is 1. The normalized spacial score (nSPS) is 16.8. The lowest BCUT2D eigenvalue weighted by molar-refractivity contribution is 0.123. The highest BCUT2D eigenvalue weighted by molar-refractivity contribution is 5.64. The Morgan fingerprint density at radius 2 is 2.00 bits per heavy atom. The molecule has 1 aliphatic heterocycles. The van der Waals surface area contributed by atoms with Crippen LogP contribution in [-0.4, -0.2) is 29.2 Å². The fraction of sp³-hybridized carbons (Fsp3) is 0.500. The molecule has 1 aliphatic rings. The van der Waals surface area contributed by atoms with E-state index in [0.29, 0.717) is 19.0 Å². The average Bonchev–Trinajstić information content (AvgIpc) is 2.38. The quantitative estimate of drug-likeness (QED) is 0.896. The first-order chi connectivity index (χ1) is 8.66. The highest BCUT2D eigenvalue weighted by Gasteiger charge is 2.22. The van der Waals surface area contributed by atoms with E-state index in [1.165, 1.54) is 11.0 Å². The van der Waals surface area contributed by atoms with E-state index in [9.17, 15) is 9.18 Å². The smallest absolute Gasteiger partial charge is 0.407 e. The van der Waals surface area contributed by atoms with Crippen molar-refractivity contribution in [2.45, 2.75) is 25.7 Å². The van der Waals surface area contributed by atoms with Gasteiger partial charge in [0, 0.05) is 13.1 Å². The molecular formula is C14H18FNO2. The lowest BCUT2D eigenvalue weighted by atomic mass is 9.90. The molecule has 98 valence electrons. The summed E-state index contributed by atoms with van der Waals surface area (Å²) in [7, 11) is 0. The molecule has 0 bridgehead atoms. The van der Waals surface area contributed by atoms with E-state index in [1.54, 1.807) is 6.07 Å². The number of piperidine rings is 1. The highest BCUT2D eigenvalue weighted by Crippen LogP contribution is 2.23. The van der Waals surface area contributed by atoms with Crippen LogP contribution >= 0.6 is 0 Å². The van der Waals surface area contributed by atoms with Crippen LogP contribution in [0.3, 0.4) is 0 Å². The molecule has 3 nitrogen and oxygen atoms in total. The molecule has 0 atom stereocenters. The first-order valence-corrected chi connectivity index (χ1v) is 6.38. The van der Waals surface area contributed by atoms with Crippen molar-refractivity contribution in [1.29, 1.82) is 0 Å². The van der Waals surface area contributed by atoms with Crippen LogP contribution in [0.4, 0.5) is 9.18 Å². The fourth-order valence-electron chi connectivity index (χ4n) is 2.47. The number of amides is 1. The van der Waals surface area contributed by atoms with Gasteiger partial charge in [-0.1, -0.05) is 18.2 Å². The van der Waals surface area contributed by atoms with Gasteiger partial charge in [0.2, 0.25) is 0 Å². The van der Waals surface area contributed by atoms with Crippen LogP contribution in [0.2, 0.25) is 0 Å². The van der Waals surface area contributed by atoms with Gasteiger partial charge in [-0.3, -0.25) is 0 Å². The zero-order valence-corrected chi connectivity index (χ0v) is 10.3. The van der Waals surface area contributed by atoms with Gasteiger partial charge in [-0.2, -0.15) is 0 Å². The molecule has 1 N–H and O–H groups in total. The molecule has 1 fully saturated rings. The molecule has 18 heavy (non-hydrogen) atoms. The van der Waals surface area contributed by atoms with Crippen molar-refractivity contribution in [2.75, 3.05) is 13.1 Å². The second kappa shape index (κ2) is 5.85. The number of rotatable bonds is 3. The summed E-state index contributed by atoms with van der Waals surface area (Å²) in [6, 6.07) is 6.86. The first kappa shape index (κ1) is 12.9. The van der Waals surface area contributed by atoms with E-state index < -0.39 is 6.09 Å². The van der Waals surface area contributed by atoms with Gasteiger partial charge in [-0.25, -0.2) is 9.18 Å². The minimum Gasteiger partial charge on any atom is -0.465 e. The second-order valence-corrected chi connectivity index (χ2v) is 4.84. The Balaban J connectivity index is 1.79. The Bertz CT molecular complexity index is 414. The summed E-state index contributed by atoms with van der Waals surface area (Å²) in [5, 5.41) is 8.85. The predicted octanol–water partition coefficient (Wildman–Crippen LogP) is 3.15. The number of aryl methyl sites for hydroxylation is 1. The van der Waals surface area contributed by atoms with Crippen LogP contribution in [0.1, 0.15) is 24.8 Å². The topological polar surface area (TPSA) is 40.5 Å². The van der Waals surface area contributed by atoms with E-state index in [1.807, 2.05) is 12.1 Å². The minimum atomic E-state index is -0.831. The number of carbonyl (C=O) groups is 1. The van der Waals surface area contributed by atoms with Crippen molar-refractivity contribution in [2.24, 2.45) is 5.92 Å². The summed E-state index contributed by atoms with van der Waals surface area (Å²) in [6.07, 6.45) is 2.63. The number of halogens is 1. The van der Waals surface area contributed by atoms with E-state index in [-0.39, 0.29) is 5.82 Å². The van der Waals surface area contributed by atoms with Gasteiger partial charge in [0.05, 0.1) is 0 Å². The molecule has 0 unspecified atom stereocenters. The number of likely N-dealkylation sites (tertiary alicyclic amines) is 1. The molecular weight excluding hydrogens is 233 g/mol. The summed E-state index contributed by atoms with van der Waals surface area (Å²) >= 11 is 0. The van der Waals surface area contributed by atoms with Gasteiger partial charge in [0.1, 0.15) is 5.82 Å². The summed E-state index contributed by atoms with van der Waals surface area (Å²) in [5.41, 5.74) is 0.762. The zero-order chi connectivity index (χ0) is 13.0. The fourth-order valence-corrected chi connectivity index (χ4v) is 2.47. The SMILES string of the molecule is O=C(O)N1CCC(CCc2ccccc2F)CC1. The van der Waals surface area contributed by atoms with Gasteiger partial charge >= 0.3 is 6.09 Å². The second-order valence-electron chi connectivity index (χ2n) is 4.84. The maximum atomic E-state index is 13.4. The maximum Gasteiger partial charge on any atom is 0.407 e. The highest BCUT2D eigenvalue weighted by atomic mass is 19.1. The van der Waals surface area contributed by atoms with Crippen LogP contribution in [0.15, 0.2) is 24.3 Å². The lowest BCUT2D eigenvalue weighted by Crippen LogP contribution is -2.37. The first-order valence-electron chi connectivity index (χ1n) is 6.38. The Labute approximate surface area is 106 Å². The van der Waals surface area contributed by atoms with Gasteiger partial charge in [0.25, 0.3) is 0 Å². The van der Waals surface area contributed by atoms with E-state index in [2.05, 4.69) is 0 Å². The van der Waals surface area contributed by atoms with Gasteiger partial charge in [0.15, 0.2) is 0 Å². The number of hydrogen-bond acceptors (Lipinski definition) is 1. The van der Waals surface area contributed by atoms with Gasteiger partial charge < -0.3 is 10.0 Å². The molecule has 0 spiro atoms. The number of carboxylic acid groups (broad SMARTS) is 1. The monoisotopic (exact) mass is 251 g/mol. The van der Waals surface area contributed by atoms with Crippen molar-refractivity contribution in [3.63, 3.8) is 0 Å². The molecule has 1 aromatic carbocycles. The Morgan fingerprint density at radius 1 is 1.33 bits per heavy atom. The molecule has 0 aliphatic carbocycles. The molecule has 1 heterocycles. The van der Waals surface area contributed by atoms with Crippen LogP contribution in [-0.2, 0) is 6.42 Å². The maximum absolute atomic E-state index is 13.4. The average molecular weight is 251 g/mol. The largest absolute Gasteiger partial charge is 0.465 e. The minimum absolute atomic E-state index is 0.138. The molecule has 4 heteroatoms. The van der Waals surface area contributed by atoms with E-state index in [4.69, 9.17) is 5.11 Å². The van der Waals surface area contributed by atoms with Gasteiger partial charge in [-0.05, 0) is 43.2 Å². The summed E-state index contributed by atoms with van der Waals surface area (Å²) < 4.78 is 13.4. The van der Waals surface area contributed by atoms with Crippen molar-refractivity contribution in [3.8, 4) is 0 Å². The van der Waals surface area contributed by atoms with E-state index >= 15 is 0 Å². The van der Waals surface area contributed by atoms with Crippen molar-refractivity contribution < 1.29 is 14.3 Å². The van der Waals surface area contributed by atoms with Crippen LogP contribution in [0.5, 0.6) is 0 Å².